The number of nitrogens with zero attached hydrogens (tertiary/aromatic N) is 3. The summed E-state index contributed by atoms with van der Waals surface area (Å²) in [5, 5.41) is 4.43. The molecule has 0 saturated heterocycles. The number of hydrogen-bond donors (Lipinski definition) is 0. The summed E-state index contributed by atoms with van der Waals surface area (Å²) in [5.74, 6) is -0.131. The van der Waals surface area contributed by atoms with Crippen LogP contribution in [0.25, 0.3) is 0 Å². The maximum absolute atomic E-state index is 11.9. The highest BCUT2D eigenvalue weighted by molar-refractivity contribution is 5.87. The number of alkyl halides is 1. The summed E-state index contributed by atoms with van der Waals surface area (Å²) in [7, 11) is 0. The van der Waals surface area contributed by atoms with E-state index in [4.69, 9.17) is 0 Å². The molecule has 0 bridgehead atoms. The molecular formula is C12H16FN3O. The average Bonchev–Trinajstić information content (AvgIpc) is 2.77. The van der Waals surface area contributed by atoms with Gasteiger partial charge in [0.05, 0.1) is 24.5 Å². The molecule has 0 aromatic carbocycles. The normalized spacial score (nSPS) is 15.3. The highest BCUT2D eigenvalue weighted by Crippen LogP contribution is 2.14. The van der Waals surface area contributed by atoms with Crippen LogP contribution in [-0.2, 0) is 24.3 Å². The molecule has 0 unspecified atom stereocenters. The fraction of sp³-hybridized carbons (Fsp3) is 0.500. The van der Waals surface area contributed by atoms with Crippen molar-refractivity contribution in [1.82, 2.24) is 14.7 Å². The lowest BCUT2D eigenvalue weighted by molar-refractivity contribution is -0.127. The molecule has 0 atom stereocenters. The number of allylic oxidation sites excluding steroid dienone is 1. The first-order valence-corrected chi connectivity index (χ1v) is 5.81. The Morgan fingerprint density at radius 1 is 1.59 bits per heavy atom. The lowest BCUT2D eigenvalue weighted by atomic mass is 10.2. The van der Waals surface area contributed by atoms with Crippen LogP contribution in [0.5, 0.6) is 0 Å². The van der Waals surface area contributed by atoms with Crippen molar-refractivity contribution in [2.24, 2.45) is 0 Å². The van der Waals surface area contributed by atoms with Crippen LogP contribution >= 0.6 is 0 Å². The Morgan fingerprint density at radius 3 is 3.12 bits per heavy atom. The predicted octanol–water partition coefficient (Wildman–Crippen LogP) is 1.31. The maximum atomic E-state index is 11.9. The van der Waals surface area contributed by atoms with Crippen LogP contribution in [0.3, 0.4) is 0 Å². The van der Waals surface area contributed by atoms with Gasteiger partial charge < -0.3 is 4.90 Å². The van der Waals surface area contributed by atoms with Gasteiger partial charge in [-0.05, 0) is 18.6 Å². The summed E-state index contributed by atoms with van der Waals surface area (Å²) < 4.78 is 13.9. The van der Waals surface area contributed by atoms with E-state index in [-0.39, 0.29) is 5.91 Å². The average molecular weight is 237 g/mol. The minimum absolute atomic E-state index is 0.131. The first kappa shape index (κ1) is 11.8. The summed E-state index contributed by atoms with van der Waals surface area (Å²) in [6, 6.07) is 2.03. The smallest absolute Gasteiger partial charge is 0.246 e. The largest absolute Gasteiger partial charge is 0.331 e. The van der Waals surface area contributed by atoms with Crippen molar-refractivity contribution in [2.75, 3.05) is 13.2 Å². The molecule has 0 saturated carbocycles. The molecule has 92 valence electrons. The number of carbonyl (C=O) groups is 1. The topological polar surface area (TPSA) is 38.1 Å². The second kappa shape index (κ2) is 5.12. The number of rotatable bonds is 3. The monoisotopic (exact) mass is 237 g/mol. The Hall–Kier alpha value is -1.65. The Bertz CT molecular complexity index is 439. The molecule has 0 spiro atoms. The van der Waals surface area contributed by atoms with Crippen LogP contribution in [0.1, 0.15) is 18.3 Å². The highest BCUT2D eigenvalue weighted by Gasteiger charge is 2.20. The van der Waals surface area contributed by atoms with Gasteiger partial charge in [-0.25, -0.2) is 4.39 Å². The van der Waals surface area contributed by atoms with E-state index >= 15 is 0 Å². The highest BCUT2D eigenvalue weighted by atomic mass is 19.1. The van der Waals surface area contributed by atoms with Crippen LogP contribution in [0, 0.1) is 0 Å². The van der Waals surface area contributed by atoms with Gasteiger partial charge in [0, 0.05) is 12.6 Å². The number of amides is 1. The summed E-state index contributed by atoms with van der Waals surface area (Å²) in [6.07, 6.45) is 3.44. The van der Waals surface area contributed by atoms with E-state index in [9.17, 15) is 9.18 Å². The second-order valence-corrected chi connectivity index (χ2v) is 4.02. The van der Waals surface area contributed by atoms with E-state index in [2.05, 4.69) is 12.0 Å². The fourth-order valence-corrected chi connectivity index (χ4v) is 1.94. The molecule has 0 N–H and O–H groups in total. The van der Waals surface area contributed by atoms with Gasteiger partial charge in [0.25, 0.3) is 0 Å². The molecule has 4 nitrogen and oxygen atoms in total. The lowest BCUT2D eigenvalue weighted by Crippen LogP contribution is -2.37. The Kier molecular flexibility index (Phi) is 3.56. The summed E-state index contributed by atoms with van der Waals surface area (Å²) in [4.78, 5) is 13.4. The minimum Gasteiger partial charge on any atom is -0.331 e. The van der Waals surface area contributed by atoms with Crippen molar-refractivity contribution in [2.45, 2.75) is 26.4 Å². The van der Waals surface area contributed by atoms with Gasteiger partial charge in [-0.2, -0.15) is 5.10 Å². The molecule has 1 aliphatic heterocycles. The van der Waals surface area contributed by atoms with E-state index in [0.29, 0.717) is 19.6 Å². The SMILES string of the molecule is CCc1cc2n(n1)CCN(C(=O)/C=C/CF)C2. The van der Waals surface area contributed by atoms with Crippen LogP contribution in [0.4, 0.5) is 4.39 Å². The third-order valence-corrected chi connectivity index (χ3v) is 2.87. The van der Waals surface area contributed by atoms with E-state index in [1.165, 1.54) is 12.2 Å². The van der Waals surface area contributed by atoms with Crippen LogP contribution in [0.15, 0.2) is 18.2 Å². The molecule has 1 aromatic rings. The van der Waals surface area contributed by atoms with Crippen molar-refractivity contribution in [3.8, 4) is 0 Å². The molecule has 1 aliphatic rings. The fourth-order valence-electron chi connectivity index (χ4n) is 1.94. The first-order chi connectivity index (χ1) is 8.24. The standard InChI is InChI=1S/C12H16FN3O/c1-2-10-8-11-9-15(6-7-16(11)14-10)12(17)4-3-5-13/h3-4,8H,2,5-7,9H2,1H3/b4-3+. The molecule has 0 radical (unpaired) electrons. The summed E-state index contributed by atoms with van der Waals surface area (Å²) in [6.45, 7) is 3.36. The number of carbonyl (C=O) groups excluding carboxylic acids is 1. The predicted molar refractivity (Wildman–Crippen MR) is 62.1 cm³/mol. The van der Waals surface area contributed by atoms with Crippen molar-refractivity contribution in [3.63, 3.8) is 0 Å². The van der Waals surface area contributed by atoms with Crippen LogP contribution in [0.2, 0.25) is 0 Å². The van der Waals surface area contributed by atoms with E-state index in [1.807, 2.05) is 10.7 Å². The Labute approximate surface area is 99.7 Å². The number of fused-ring (bicyclic) bond motifs is 1. The molecule has 0 aliphatic carbocycles. The zero-order valence-corrected chi connectivity index (χ0v) is 9.90. The van der Waals surface area contributed by atoms with Crippen molar-refractivity contribution >= 4 is 5.91 Å². The van der Waals surface area contributed by atoms with Crippen LogP contribution in [-0.4, -0.2) is 33.8 Å². The van der Waals surface area contributed by atoms with Gasteiger partial charge in [0.15, 0.2) is 0 Å². The van der Waals surface area contributed by atoms with Crippen molar-refractivity contribution in [1.29, 1.82) is 0 Å². The van der Waals surface area contributed by atoms with Gasteiger partial charge in [-0.3, -0.25) is 9.48 Å². The number of aryl methyl sites for hydroxylation is 1. The molecule has 1 amide bonds. The number of hydrogen-bond acceptors (Lipinski definition) is 2. The summed E-state index contributed by atoms with van der Waals surface area (Å²) >= 11 is 0. The summed E-state index contributed by atoms with van der Waals surface area (Å²) in [5.41, 5.74) is 2.10. The second-order valence-electron chi connectivity index (χ2n) is 4.02. The molecule has 1 aromatic heterocycles. The van der Waals surface area contributed by atoms with Gasteiger partial charge >= 0.3 is 0 Å². The molecule has 0 fully saturated rings. The molecule has 17 heavy (non-hydrogen) atoms. The Morgan fingerprint density at radius 2 is 2.41 bits per heavy atom. The van der Waals surface area contributed by atoms with Gasteiger partial charge in [-0.15, -0.1) is 0 Å². The van der Waals surface area contributed by atoms with E-state index in [0.717, 1.165) is 17.8 Å². The minimum atomic E-state index is -0.600. The van der Waals surface area contributed by atoms with Crippen LogP contribution < -0.4 is 0 Å². The third kappa shape index (κ3) is 2.54. The van der Waals surface area contributed by atoms with Crippen molar-refractivity contribution in [3.05, 3.63) is 29.6 Å². The quantitative estimate of drug-likeness (QED) is 0.743. The molecule has 2 heterocycles. The number of aromatic nitrogens is 2. The first-order valence-electron chi connectivity index (χ1n) is 5.81. The lowest BCUT2D eigenvalue weighted by Gasteiger charge is -2.26. The van der Waals surface area contributed by atoms with E-state index < -0.39 is 6.67 Å². The van der Waals surface area contributed by atoms with E-state index in [1.54, 1.807) is 4.90 Å². The zero-order chi connectivity index (χ0) is 12.3. The zero-order valence-electron chi connectivity index (χ0n) is 9.90. The molecular weight excluding hydrogens is 221 g/mol. The maximum Gasteiger partial charge on any atom is 0.246 e. The molecule has 2 rings (SSSR count). The third-order valence-electron chi connectivity index (χ3n) is 2.87. The van der Waals surface area contributed by atoms with Crippen molar-refractivity contribution < 1.29 is 9.18 Å². The molecule has 5 heteroatoms. The van der Waals surface area contributed by atoms with Gasteiger partial charge in [0.1, 0.15) is 6.67 Å². The van der Waals surface area contributed by atoms with Gasteiger partial charge in [-0.1, -0.05) is 6.92 Å². The number of halogens is 1. The Balaban J connectivity index is 2.07. The van der Waals surface area contributed by atoms with Gasteiger partial charge in [0.2, 0.25) is 5.91 Å².